The molecule has 4 rings (SSSR count). The zero-order valence-corrected chi connectivity index (χ0v) is 19.8. The highest BCUT2D eigenvalue weighted by atomic mass is 19.4. The molecule has 9 heteroatoms. The number of carbonyl (C=O) groups excluding carboxylic acids is 1. The first-order chi connectivity index (χ1) is 16.7. The number of rotatable bonds is 8. The number of carbonyl (C=O) groups is 1. The topological polar surface area (TPSA) is 66.5 Å². The Kier molecular flexibility index (Phi) is 7.64. The summed E-state index contributed by atoms with van der Waals surface area (Å²) in [6.07, 6.45) is 1.71. The van der Waals surface area contributed by atoms with Crippen LogP contribution in [-0.4, -0.2) is 53.6 Å². The number of benzene rings is 1. The van der Waals surface area contributed by atoms with Gasteiger partial charge in [0.15, 0.2) is 0 Å². The number of pyridine rings is 1. The molecule has 1 saturated carbocycles. The second kappa shape index (κ2) is 10.7. The minimum absolute atomic E-state index is 0.0276. The molecule has 2 heterocycles. The number of aromatic nitrogens is 1. The van der Waals surface area contributed by atoms with Crippen LogP contribution in [0.3, 0.4) is 0 Å². The minimum Gasteiger partial charge on any atom is -0.474 e. The van der Waals surface area contributed by atoms with Gasteiger partial charge in [0, 0.05) is 42.7 Å². The quantitative estimate of drug-likeness (QED) is 0.580. The Morgan fingerprint density at radius 2 is 1.91 bits per heavy atom. The average molecular weight is 489 g/mol. The Hall–Kier alpha value is -3.07. The molecule has 35 heavy (non-hydrogen) atoms. The summed E-state index contributed by atoms with van der Waals surface area (Å²) in [6, 6.07) is 9.10. The molecule has 1 aliphatic heterocycles. The second-order valence-corrected chi connectivity index (χ2v) is 9.38. The van der Waals surface area contributed by atoms with E-state index in [0.717, 1.165) is 56.5 Å². The van der Waals surface area contributed by atoms with E-state index in [-0.39, 0.29) is 24.3 Å². The number of alkyl halides is 3. The monoisotopic (exact) mass is 488 g/mol. The molecule has 1 amide bonds. The van der Waals surface area contributed by atoms with Gasteiger partial charge < -0.3 is 15.4 Å². The summed E-state index contributed by atoms with van der Waals surface area (Å²) in [5, 5.41) is 5.94. The van der Waals surface area contributed by atoms with Crippen molar-refractivity contribution in [2.45, 2.75) is 57.0 Å². The van der Waals surface area contributed by atoms with E-state index in [1.807, 2.05) is 25.3 Å². The van der Waals surface area contributed by atoms with Crippen molar-refractivity contribution in [3.05, 3.63) is 71.6 Å². The zero-order valence-electron chi connectivity index (χ0n) is 19.8. The van der Waals surface area contributed by atoms with Gasteiger partial charge >= 0.3 is 6.18 Å². The molecule has 0 radical (unpaired) electrons. The Morgan fingerprint density at radius 1 is 1.17 bits per heavy atom. The van der Waals surface area contributed by atoms with E-state index in [2.05, 4.69) is 27.1 Å². The fraction of sp³-hybridized carbons (Fsp3) is 0.462. The molecule has 0 bridgehead atoms. The van der Waals surface area contributed by atoms with Crippen LogP contribution in [0.25, 0.3) is 0 Å². The third-order valence-corrected chi connectivity index (χ3v) is 6.56. The highest BCUT2D eigenvalue weighted by molar-refractivity contribution is 5.94. The number of halogens is 3. The minimum atomic E-state index is -4.48. The van der Waals surface area contributed by atoms with Crippen molar-refractivity contribution in [2.24, 2.45) is 0 Å². The van der Waals surface area contributed by atoms with Crippen molar-refractivity contribution < 1.29 is 22.7 Å². The highest BCUT2D eigenvalue weighted by Crippen LogP contribution is 2.30. The maximum Gasteiger partial charge on any atom is 0.416 e. The van der Waals surface area contributed by atoms with E-state index in [4.69, 9.17) is 4.74 Å². The molecule has 2 aromatic rings. The lowest BCUT2D eigenvalue weighted by molar-refractivity contribution is -0.137. The summed E-state index contributed by atoms with van der Waals surface area (Å²) < 4.78 is 44.6. The lowest BCUT2D eigenvalue weighted by Crippen LogP contribution is -2.61. The van der Waals surface area contributed by atoms with Crippen LogP contribution in [0.2, 0.25) is 0 Å². The predicted molar refractivity (Wildman–Crippen MR) is 127 cm³/mol. The number of hydrogen-bond donors (Lipinski definition) is 2. The summed E-state index contributed by atoms with van der Waals surface area (Å²) in [5.74, 6) is 0.125. The van der Waals surface area contributed by atoms with Gasteiger partial charge in [-0.2, -0.15) is 13.2 Å². The van der Waals surface area contributed by atoms with Gasteiger partial charge in [-0.05, 0) is 56.4 Å². The van der Waals surface area contributed by atoms with Gasteiger partial charge in [0.25, 0.3) is 5.91 Å². The highest BCUT2D eigenvalue weighted by Gasteiger charge is 2.35. The third-order valence-electron chi connectivity index (χ3n) is 6.56. The van der Waals surface area contributed by atoms with Gasteiger partial charge in [0.2, 0.25) is 5.88 Å². The Labute approximate surface area is 203 Å². The zero-order chi connectivity index (χ0) is 25.0. The Balaban J connectivity index is 1.13. The van der Waals surface area contributed by atoms with Crippen LogP contribution in [0.5, 0.6) is 5.88 Å². The molecule has 6 nitrogen and oxygen atoms in total. The first kappa shape index (κ1) is 25.0. The lowest BCUT2D eigenvalue weighted by Gasteiger charge is -2.47. The number of nitrogens with one attached hydrogen (secondary N) is 2. The average Bonchev–Trinajstić information content (AvgIpc) is 2.81. The van der Waals surface area contributed by atoms with E-state index >= 15 is 0 Å². The molecule has 1 aromatic heterocycles. The summed E-state index contributed by atoms with van der Waals surface area (Å²) >= 11 is 0. The Morgan fingerprint density at radius 3 is 2.57 bits per heavy atom. The number of aryl methyl sites for hydroxylation is 1. The molecule has 0 unspecified atom stereocenters. The number of ether oxygens (including phenoxy) is 1. The molecule has 1 aromatic carbocycles. The maximum absolute atomic E-state index is 12.9. The van der Waals surface area contributed by atoms with Crippen molar-refractivity contribution in [3.8, 4) is 5.88 Å². The van der Waals surface area contributed by atoms with Crippen LogP contribution in [0.1, 0.15) is 47.2 Å². The summed E-state index contributed by atoms with van der Waals surface area (Å²) in [5.41, 5.74) is 0.879. The first-order valence-electron chi connectivity index (χ1n) is 11.9. The van der Waals surface area contributed by atoms with Gasteiger partial charge in [0.1, 0.15) is 6.10 Å². The van der Waals surface area contributed by atoms with Crippen LogP contribution < -0.4 is 15.4 Å². The molecule has 1 saturated heterocycles. The van der Waals surface area contributed by atoms with Crippen LogP contribution in [0.15, 0.2) is 54.9 Å². The summed E-state index contributed by atoms with van der Waals surface area (Å²) in [6.45, 7) is 7.90. The van der Waals surface area contributed by atoms with Gasteiger partial charge in [-0.1, -0.05) is 18.7 Å². The molecular weight excluding hydrogens is 457 g/mol. The van der Waals surface area contributed by atoms with Crippen molar-refractivity contribution in [3.63, 3.8) is 0 Å². The van der Waals surface area contributed by atoms with E-state index in [9.17, 15) is 18.0 Å². The van der Waals surface area contributed by atoms with Gasteiger partial charge in [0.05, 0.1) is 18.2 Å². The normalized spacial score (nSPS) is 21.1. The lowest BCUT2D eigenvalue weighted by atomic mass is 9.89. The molecule has 1 aliphatic carbocycles. The van der Waals surface area contributed by atoms with E-state index in [1.54, 1.807) is 0 Å². The molecular formula is C26H31F3N4O2. The third kappa shape index (κ3) is 6.75. The van der Waals surface area contributed by atoms with Crippen molar-refractivity contribution >= 4 is 5.91 Å². The molecule has 0 atom stereocenters. The van der Waals surface area contributed by atoms with Gasteiger partial charge in [-0.3, -0.25) is 9.69 Å². The second-order valence-electron chi connectivity index (χ2n) is 9.38. The van der Waals surface area contributed by atoms with Gasteiger partial charge in [-0.25, -0.2) is 4.98 Å². The van der Waals surface area contributed by atoms with E-state index in [1.165, 1.54) is 12.1 Å². The van der Waals surface area contributed by atoms with Crippen LogP contribution >= 0.6 is 0 Å². The number of amides is 1. The molecule has 2 N–H and O–H groups in total. The first-order valence-corrected chi connectivity index (χ1v) is 11.9. The van der Waals surface area contributed by atoms with E-state index in [0.29, 0.717) is 17.6 Å². The number of nitrogens with zero attached hydrogens (tertiary/aromatic N) is 2. The molecule has 2 fully saturated rings. The van der Waals surface area contributed by atoms with Crippen molar-refractivity contribution in [1.82, 2.24) is 20.5 Å². The molecule has 188 valence electrons. The molecule has 0 spiro atoms. The van der Waals surface area contributed by atoms with Crippen LogP contribution in [0.4, 0.5) is 13.2 Å². The largest absolute Gasteiger partial charge is 0.474 e. The summed E-state index contributed by atoms with van der Waals surface area (Å²) in [7, 11) is 0. The van der Waals surface area contributed by atoms with Crippen LogP contribution in [0, 0.1) is 6.92 Å². The van der Waals surface area contributed by atoms with Crippen molar-refractivity contribution in [2.75, 3.05) is 19.6 Å². The van der Waals surface area contributed by atoms with Gasteiger partial charge in [-0.15, -0.1) is 0 Å². The predicted octanol–water partition coefficient (Wildman–Crippen LogP) is 4.32. The SMILES string of the molecule is C=C(CNC(=O)c1cccc(C(F)(F)F)c1)NC1CN(C2CCC(Oc3ccc(C)cn3)CC2)C1. The molecule has 2 aliphatic rings. The fourth-order valence-corrected chi connectivity index (χ4v) is 4.59. The van der Waals surface area contributed by atoms with Crippen LogP contribution in [-0.2, 0) is 6.18 Å². The maximum atomic E-state index is 12.9. The Bertz CT molecular complexity index is 1030. The fourth-order valence-electron chi connectivity index (χ4n) is 4.59. The smallest absolute Gasteiger partial charge is 0.416 e. The van der Waals surface area contributed by atoms with Crippen molar-refractivity contribution in [1.29, 1.82) is 0 Å². The number of hydrogen-bond acceptors (Lipinski definition) is 5. The van der Waals surface area contributed by atoms with E-state index < -0.39 is 17.6 Å². The number of likely N-dealkylation sites (tertiary alicyclic amines) is 1. The summed E-state index contributed by atoms with van der Waals surface area (Å²) in [4.78, 5) is 19.0. The standard InChI is InChI=1S/C26H31F3N4O2/c1-17-6-11-24(30-13-17)35-23-9-7-22(8-10-23)33-15-21(16-33)32-18(2)14-31-25(34)19-4-3-5-20(12-19)26(27,28)29/h3-6,11-13,21-23,32H,2,7-10,14-16H2,1H3,(H,31,34).